The number of rotatable bonds is 4. The van der Waals surface area contributed by atoms with Gasteiger partial charge in [-0.1, -0.05) is 6.42 Å². The van der Waals surface area contributed by atoms with E-state index in [0.717, 1.165) is 18.6 Å². The molecule has 13 heavy (non-hydrogen) atoms. The van der Waals surface area contributed by atoms with Crippen LogP contribution in [0.4, 0.5) is 13.2 Å². The molecular weight excluding hydrogens is 201 g/mol. The number of alkyl halides is 3. The van der Waals surface area contributed by atoms with Crippen molar-refractivity contribution in [2.45, 2.75) is 31.5 Å². The Morgan fingerprint density at radius 2 is 2.00 bits per heavy atom. The Hall–Kier alpha value is 0.100. The van der Waals surface area contributed by atoms with E-state index in [1.54, 1.807) is 0 Å². The molecule has 0 aromatic heterocycles. The van der Waals surface area contributed by atoms with E-state index in [4.69, 9.17) is 5.11 Å². The fourth-order valence-electron chi connectivity index (χ4n) is 1.10. The second kappa shape index (κ2) is 4.55. The first-order valence-electron chi connectivity index (χ1n) is 4.32. The van der Waals surface area contributed by atoms with Crippen LogP contribution < -0.4 is 0 Å². The maximum Gasteiger partial charge on any atom is 0.415 e. The van der Waals surface area contributed by atoms with Gasteiger partial charge in [-0.05, 0) is 24.5 Å². The zero-order valence-electron chi connectivity index (χ0n) is 7.18. The zero-order valence-corrected chi connectivity index (χ0v) is 8.00. The van der Waals surface area contributed by atoms with Gasteiger partial charge >= 0.3 is 6.18 Å². The summed E-state index contributed by atoms with van der Waals surface area (Å²) in [5.74, 6) is 1.12. The van der Waals surface area contributed by atoms with Crippen LogP contribution in [0.5, 0.6) is 0 Å². The van der Waals surface area contributed by atoms with Crippen molar-refractivity contribution in [3.8, 4) is 0 Å². The summed E-state index contributed by atoms with van der Waals surface area (Å²) in [7, 11) is 0. The van der Waals surface area contributed by atoms with Gasteiger partial charge in [0.15, 0.2) is 6.10 Å². The highest BCUT2D eigenvalue weighted by atomic mass is 32.2. The van der Waals surface area contributed by atoms with E-state index in [1.165, 1.54) is 18.2 Å². The highest BCUT2D eigenvalue weighted by Gasteiger charge is 2.37. The summed E-state index contributed by atoms with van der Waals surface area (Å²) >= 11 is 1.20. The molecule has 1 aliphatic carbocycles. The first kappa shape index (κ1) is 11.2. The van der Waals surface area contributed by atoms with Crippen LogP contribution in [0.3, 0.4) is 0 Å². The van der Waals surface area contributed by atoms with Crippen LogP contribution in [-0.2, 0) is 0 Å². The molecule has 1 unspecified atom stereocenters. The van der Waals surface area contributed by atoms with Gasteiger partial charge in [-0.2, -0.15) is 24.9 Å². The van der Waals surface area contributed by atoms with Crippen molar-refractivity contribution in [3.63, 3.8) is 0 Å². The maximum absolute atomic E-state index is 11.8. The molecule has 1 fully saturated rings. The molecule has 1 N–H and O–H groups in total. The minimum absolute atomic E-state index is 0.222. The lowest BCUT2D eigenvalue weighted by Gasteiger charge is -2.25. The van der Waals surface area contributed by atoms with E-state index in [0.29, 0.717) is 5.92 Å². The zero-order chi connectivity index (χ0) is 9.90. The molecule has 0 radical (unpaired) electrons. The van der Waals surface area contributed by atoms with Crippen molar-refractivity contribution in [2.75, 3.05) is 11.5 Å². The van der Waals surface area contributed by atoms with Crippen LogP contribution in [0.2, 0.25) is 0 Å². The Balaban J connectivity index is 2.04. The van der Waals surface area contributed by atoms with Gasteiger partial charge in [-0.3, -0.25) is 0 Å². The summed E-state index contributed by atoms with van der Waals surface area (Å²) < 4.78 is 35.4. The SMILES string of the molecule is OC(CSCC1CCC1)C(F)(F)F. The van der Waals surface area contributed by atoms with Crippen molar-refractivity contribution in [1.82, 2.24) is 0 Å². The second-order valence-electron chi connectivity index (χ2n) is 3.39. The number of hydrogen-bond acceptors (Lipinski definition) is 2. The molecule has 1 saturated carbocycles. The maximum atomic E-state index is 11.8. The summed E-state index contributed by atoms with van der Waals surface area (Å²) in [6.45, 7) is 0. The normalized spacial score (nSPS) is 21.2. The van der Waals surface area contributed by atoms with Crippen molar-refractivity contribution < 1.29 is 18.3 Å². The first-order chi connectivity index (χ1) is 6.00. The number of aliphatic hydroxyl groups excluding tert-OH is 1. The van der Waals surface area contributed by atoms with Crippen LogP contribution in [0.1, 0.15) is 19.3 Å². The number of thioether (sulfide) groups is 1. The molecule has 1 atom stereocenters. The standard InChI is InChI=1S/C8H13F3OS/c9-8(10,11)7(12)5-13-4-6-2-1-3-6/h6-7,12H,1-5H2. The summed E-state index contributed by atoms with van der Waals surface area (Å²) in [6, 6.07) is 0. The molecule has 0 aromatic rings. The molecule has 0 aromatic carbocycles. The van der Waals surface area contributed by atoms with E-state index in [1.807, 2.05) is 0 Å². The smallest absolute Gasteiger partial charge is 0.383 e. The Morgan fingerprint density at radius 3 is 2.38 bits per heavy atom. The van der Waals surface area contributed by atoms with Gasteiger partial charge in [-0.25, -0.2) is 0 Å². The molecule has 1 nitrogen and oxygen atoms in total. The van der Waals surface area contributed by atoms with E-state index < -0.39 is 12.3 Å². The average Bonchev–Trinajstić information content (AvgIpc) is 1.91. The third-order valence-corrected chi connectivity index (χ3v) is 3.49. The molecule has 1 aliphatic rings. The first-order valence-corrected chi connectivity index (χ1v) is 5.48. The monoisotopic (exact) mass is 214 g/mol. The Labute approximate surface area is 79.7 Å². The van der Waals surface area contributed by atoms with Crippen LogP contribution in [-0.4, -0.2) is 28.9 Å². The lowest BCUT2D eigenvalue weighted by molar-refractivity contribution is -0.195. The largest absolute Gasteiger partial charge is 0.415 e. The molecule has 0 heterocycles. The van der Waals surface area contributed by atoms with Crippen LogP contribution in [0.15, 0.2) is 0 Å². The van der Waals surface area contributed by atoms with Gasteiger partial charge in [0.05, 0.1) is 0 Å². The summed E-state index contributed by atoms with van der Waals surface area (Å²) in [5.41, 5.74) is 0. The minimum Gasteiger partial charge on any atom is -0.383 e. The third kappa shape index (κ3) is 3.77. The van der Waals surface area contributed by atoms with Gasteiger partial charge in [0.25, 0.3) is 0 Å². The highest BCUT2D eigenvalue weighted by molar-refractivity contribution is 7.99. The predicted octanol–water partition coefficient (Wildman–Crippen LogP) is 2.44. The van der Waals surface area contributed by atoms with Crippen molar-refractivity contribution in [1.29, 1.82) is 0 Å². The van der Waals surface area contributed by atoms with Gasteiger partial charge in [0, 0.05) is 5.75 Å². The number of aliphatic hydroxyl groups is 1. The molecule has 0 saturated heterocycles. The van der Waals surface area contributed by atoms with Gasteiger partial charge < -0.3 is 5.11 Å². The van der Waals surface area contributed by atoms with Gasteiger partial charge in [0.2, 0.25) is 0 Å². The predicted molar refractivity (Wildman–Crippen MR) is 46.7 cm³/mol. The lowest BCUT2D eigenvalue weighted by atomic mass is 9.87. The van der Waals surface area contributed by atoms with Crippen molar-refractivity contribution in [3.05, 3.63) is 0 Å². The van der Waals surface area contributed by atoms with E-state index in [9.17, 15) is 13.2 Å². The van der Waals surface area contributed by atoms with E-state index >= 15 is 0 Å². The molecule has 0 bridgehead atoms. The topological polar surface area (TPSA) is 20.2 Å². The summed E-state index contributed by atoms with van der Waals surface area (Å²) in [6.07, 6.45) is -3.14. The fourth-order valence-corrected chi connectivity index (χ4v) is 2.32. The molecule has 78 valence electrons. The minimum atomic E-state index is -4.45. The summed E-state index contributed by atoms with van der Waals surface area (Å²) in [4.78, 5) is 0. The molecule has 0 aliphatic heterocycles. The molecule has 1 rings (SSSR count). The van der Waals surface area contributed by atoms with Crippen LogP contribution in [0.25, 0.3) is 0 Å². The number of halogens is 3. The van der Waals surface area contributed by atoms with Gasteiger partial charge in [0.1, 0.15) is 0 Å². The van der Waals surface area contributed by atoms with Crippen LogP contribution >= 0.6 is 11.8 Å². The van der Waals surface area contributed by atoms with Crippen molar-refractivity contribution >= 4 is 11.8 Å². The molecule has 0 spiro atoms. The van der Waals surface area contributed by atoms with E-state index in [2.05, 4.69) is 0 Å². The van der Waals surface area contributed by atoms with E-state index in [-0.39, 0.29) is 5.75 Å². The van der Waals surface area contributed by atoms with Crippen molar-refractivity contribution in [2.24, 2.45) is 5.92 Å². The second-order valence-corrected chi connectivity index (χ2v) is 4.47. The fraction of sp³-hybridized carbons (Fsp3) is 1.00. The average molecular weight is 214 g/mol. The lowest BCUT2D eigenvalue weighted by Crippen LogP contribution is -2.31. The van der Waals surface area contributed by atoms with Crippen LogP contribution in [0, 0.1) is 5.92 Å². The Bertz CT molecular complexity index is 156. The quantitative estimate of drug-likeness (QED) is 0.775. The third-order valence-electron chi connectivity index (χ3n) is 2.23. The Kier molecular flexibility index (Phi) is 3.91. The molecule has 5 heteroatoms. The van der Waals surface area contributed by atoms with Gasteiger partial charge in [-0.15, -0.1) is 0 Å². The Morgan fingerprint density at radius 1 is 1.38 bits per heavy atom. The number of hydrogen-bond donors (Lipinski definition) is 1. The highest BCUT2D eigenvalue weighted by Crippen LogP contribution is 2.31. The summed E-state index contributed by atoms with van der Waals surface area (Å²) in [5, 5.41) is 8.64. The molecular formula is C8H13F3OS. The molecule has 0 amide bonds.